The van der Waals surface area contributed by atoms with E-state index in [1.165, 1.54) is 6.33 Å². The first-order chi connectivity index (χ1) is 7.66. The summed E-state index contributed by atoms with van der Waals surface area (Å²) >= 11 is 0. The van der Waals surface area contributed by atoms with E-state index >= 15 is 0 Å². The number of aromatic nitrogens is 4. The van der Waals surface area contributed by atoms with Crippen LogP contribution in [0.3, 0.4) is 0 Å². The first kappa shape index (κ1) is 10.5. The summed E-state index contributed by atoms with van der Waals surface area (Å²) in [6.45, 7) is 3.51. The maximum Gasteiger partial charge on any atom is 0.223 e. The van der Waals surface area contributed by atoms with Crippen molar-refractivity contribution in [2.75, 3.05) is 5.32 Å². The third kappa shape index (κ3) is 2.13. The molecule has 2 heterocycles. The molecule has 0 amide bonds. The number of halogens is 1. The maximum atomic E-state index is 13.5. The van der Waals surface area contributed by atoms with Crippen molar-refractivity contribution < 1.29 is 8.91 Å². The van der Waals surface area contributed by atoms with Crippen LogP contribution in [0.1, 0.15) is 17.4 Å². The fourth-order valence-corrected chi connectivity index (χ4v) is 1.16. The van der Waals surface area contributed by atoms with E-state index in [1.54, 1.807) is 13.8 Å². The summed E-state index contributed by atoms with van der Waals surface area (Å²) in [4.78, 5) is 11.5. The van der Waals surface area contributed by atoms with Gasteiger partial charge in [-0.1, -0.05) is 5.16 Å². The molecule has 84 valence electrons. The van der Waals surface area contributed by atoms with Crippen molar-refractivity contribution in [2.24, 2.45) is 0 Å². The Hall–Kier alpha value is -2.05. The lowest BCUT2D eigenvalue weighted by Crippen LogP contribution is -2.06. The highest BCUT2D eigenvalue weighted by molar-refractivity contribution is 5.36. The number of hydrogen-bond acceptors (Lipinski definition) is 6. The van der Waals surface area contributed by atoms with E-state index < -0.39 is 5.82 Å². The van der Waals surface area contributed by atoms with Crippen LogP contribution in [0.5, 0.6) is 0 Å². The maximum absolute atomic E-state index is 13.5. The average Bonchev–Trinajstić information content (AvgIpc) is 2.67. The van der Waals surface area contributed by atoms with Gasteiger partial charge < -0.3 is 9.84 Å². The minimum atomic E-state index is -0.470. The molecule has 0 unspecified atom stereocenters. The minimum absolute atomic E-state index is 0.134. The molecule has 0 bridgehead atoms. The topological polar surface area (TPSA) is 76.7 Å². The third-order valence-corrected chi connectivity index (χ3v) is 1.95. The van der Waals surface area contributed by atoms with Gasteiger partial charge in [0.25, 0.3) is 0 Å². The highest BCUT2D eigenvalue weighted by Crippen LogP contribution is 2.12. The Kier molecular flexibility index (Phi) is 2.76. The lowest BCUT2D eigenvalue weighted by Gasteiger charge is -2.04. The molecule has 2 rings (SSSR count). The van der Waals surface area contributed by atoms with Gasteiger partial charge >= 0.3 is 0 Å². The normalized spacial score (nSPS) is 10.4. The van der Waals surface area contributed by atoms with E-state index in [9.17, 15) is 4.39 Å². The van der Waals surface area contributed by atoms with E-state index in [1.807, 2.05) is 0 Å². The number of rotatable bonds is 3. The molecule has 2 aromatic heterocycles. The lowest BCUT2D eigenvalue weighted by atomic mass is 10.4. The van der Waals surface area contributed by atoms with Gasteiger partial charge in [-0.15, -0.1) is 0 Å². The molecule has 0 radical (unpaired) electrons. The molecule has 0 aromatic carbocycles. The molecule has 0 aliphatic carbocycles. The second-order valence-corrected chi connectivity index (χ2v) is 3.20. The predicted octanol–water partition coefficient (Wildman–Crippen LogP) is 1.23. The summed E-state index contributed by atoms with van der Waals surface area (Å²) in [5.74, 6) is 0.585. The van der Waals surface area contributed by atoms with Crippen LogP contribution >= 0.6 is 0 Å². The Morgan fingerprint density at radius 3 is 2.88 bits per heavy atom. The van der Waals surface area contributed by atoms with Crippen LogP contribution in [0.2, 0.25) is 0 Å². The molecule has 0 saturated carbocycles. The van der Waals surface area contributed by atoms with Crippen molar-refractivity contribution in [3.63, 3.8) is 0 Å². The monoisotopic (exact) mass is 223 g/mol. The van der Waals surface area contributed by atoms with Gasteiger partial charge in [-0.05, 0) is 6.92 Å². The molecule has 0 aliphatic rings. The van der Waals surface area contributed by atoms with Crippen molar-refractivity contribution >= 4 is 5.82 Å². The average molecular weight is 223 g/mol. The van der Waals surface area contributed by atoms with Gasteiger partial charge in [0.05, 0.1) is 12.2 Å². The largest absolute Gasteiger partial charge is 0.360 e. The molecule has 0 saturated heterocycles. The number of anilines is 1. The van der Waals surface area contributed by atoms with Crippen molar-refractivity contribution in [1.29, 1.82) is 0 Å². The van der Waals surface area contributed by atoms with Gasteiger partial charge in [0.1, 0.15) is 6.33 Å². The molecule has 6 nitrogen and oxygen atoms in total. The van der Waals surface area contributed by atoms with Crippen LogP contribution in [-0.2, 0) is 6.54 Å². The molecule has 0 spiro atoms. The summed E-state index contributed by atoms with van der Waals surface area (Å²) in [5.41, 5.74) is 0.293. The number of nitrogens with zero attached hydrogens (tertiary/aromatic N) is 4. The smallest absolute Gasteiger partial charge is 0.223 e. The van der Waals surface area contributed by atoms with E-state index in [0.29, 0.717) is 17.4 Å². The van der Waals surface area contributed by atoms with Crippen LogP contribution in [0.4, 0.5) is 10.2 Å². The highest BCUT2D eigenvalue weighted by Gasteiger charge is 2.08. The Morgan fingerprint density at radius 2 is 2.19 bits per heavy atom. The lowest BCUT2D eigenvalue weighted by molar-refractivity contribution is 0.388. The van der Waals surface area contributed by atoms with E-state index in [0.717, 1.165) is 0 Å². The van der Waals surface area contributed by atoms with Crippen molar-refractivity contribution in [1.82, 2.24) is 20.1 Å². The summed E-state index contributed by atoms with van der Waals surface area (Å²) in [6.07, 6.45) is 1.29. The van der Waals surface area contributed by atoms with E-state index in [-0.39, 0.29) is 12.4 Å². The van der Waals surface area contributed by atoms with Crippen LogP contribution in [0.25, 0.3) is 0 Å². The van der Waals surface area contributed by atoms with E-state index in [2.05, 4.69) is 25.4 Å². The number of hydrogen-bond donors (Lipinski definition) is 1. The van der Waals surface area contributed by atoms with Gasteiger partial charge in [-0.25, -0.2) is 14.4 Å². The molecule has 16 heavy (non-hydrogen) atoms. The van der Waals surface area contributed by atoms with Crippen LogP contribution in [0, 0.1) is 19.7 Å². The van der Waals surface area contributed by atoms with Gasteiger partial charge in [0.2, 0.25) is 5.89 Å². The predicted molar refractivity (Wildman–Crippen MR) is 53.1 cm³/mol. The zero-order valence-corrected chi connectivity index (χ0v) is 8.86. The first-order valence-electron chi connectivity index (χ1n) is 4.67. The third-order valence-electron chi connectivity index (χ3n) is 1.95. The molecular formula is C9H10FN5O. The quantitative estimate of drug-likeness (QED) is 0.843. The zero-order valence-electron chi connectivity index (χ0n) is 8.86. The second-order valence-electron chi connectivity index (χ2n) is 3.20. The van der Waals surface area contributed by atoms with E-state index in [4.69, 9.17) is 4.52 Å². The first-order valence-corrected chi connectivity index (χ1v) is 4.67. The fourth-order valence-electron chi connectivity index (χ4n) is 1.16. The molecule has 0 atom stereocenters. The Balaban J connectivity index is 2.07. The molecular weight excluding hydrogens is 213 g/mol. The van der Waals surface area contributed by atoms with Crippen molar-refractivity contribution in [3.05, 3.63) is 29.6 Å². The van der Waals surface area contributed by atoms with Crippen LogP contribution in [-0.4, -0.2) is 20.1 Å². The van der Waals surface area contributed by atoms with Gasteiger partial charge in [-0.2, -0.15) is 4.98 Å². The SMILES string of the molecule is Cc1nc(CNc2ncnc(C)c2F)no1. The summed E-state index contributed by atoms with van der Waals surface area (Å²) < 4.78 is 18.2. The minimum Gasteiger partial charge on any atom is -0.360 e. The van der Waals surface area contributed by atoms with Gasteiger partial charge in [-0.3, -0.25) is 0 Å². The van der Waals surface area contributed by atoms with Crippen molar-refractivity contribution in [3.8, 4) is 0 Å². The number of aryl methyl sites for hydroxylation is 2. The van der Waals surface area contributed by atoms with Crippen LogP contribution < -0.4 is 5.32 Å². The van der Waals surface area contributed by atoms with Gasteiger partial charge in [0.15, 0.2) is 17.5 Å². The second kappa shape index (κ2) is 4.21. The molecule has 0 aliphatic heterocycles. The standard InChI is InChI=1S/C9H10FN5O/c1-5-8(10)9(13-4-12-5)11-3-7-14-6(2)16-15-7/h4H,3H2,1-2H3,(H,11,12,13). The Bertz CT molecular complexity index is 498. The van der Waals surface area contributed by atoms with Crippen LogP contribution in [0.15, 0.2) is 10.9 Å². The summed E-state index contributed by atoms with van der Waals surface area (Å²) in [5, 5.41) is 6.44. The number of nitrogens with one attached hydrogen (secondary N) is 1. The molecule has 7 heteroatoms. The zero-order chi connectivity index (χ0) is 11.5. The summed E-state index contributed by atoms with van der Waals surface area (Å²) in [6, 6.07) is 0. The summed E-state index contributed by atoms with van der Waals surface area (Å²) in [7, 11) is 0. The molecule has 2 aromatic rings. The van der Waals surface area contributed by atoms with Crippen molar-refractivity contribution in [2.45, 2.75) is 20.4 Å². The Labute approximate surface area is 90.9 Å². The van der Waals surface area contributed by atoms with Gasteiger partial charge in [0, 0.05) is 6.92 Å². The molecule has 0 fully saturated rings. The highest BCUT2D eigenvalue weighted by atomic mass is 19.1. The fraction of sp³-hybridized carbons (Fsp3) is 0.333. The Morgan fingerprint density at radius 1 is 1.38 bits per heavy atom. The molecule has 1 N–H and O–H groups in total.